The van der Waals surface area contributed by atoms with Crippen molar-refractivity contribution in [3.05, 3.63) is 30.1 Å². The van der Waals surface area contributed by atoms with Crippen molar-refractivity contribution < 1.29 is 9.13 Å². The Morgan fingerprint density at radius 3 is 2.47 bits per heavy atom. The Labute approximate surface area is 89.7 Å². The smallest absolute Gasteiger partial charge is 0.123 e. The summed E-state index contributed by atoms with van der Waals surface area (Å²) in [4.78, 5) is 2.25. The minimum atomic E-state index is -0.223. The van der Waals surface area contributed by atoms with Gasteiger partial charge in [0, 0.05) is 19.0 Å². The van der Waals surface area contributed by atoms with Crippen LogP contribution in [0.3, 0.4) is 0 Å². The molecule has 2 nitrogen and oxygen atoms in total. The molecule has 1 aliphatic heterocycles. The topological polar surface area (TPSA) is 12.5 Å². The van der Waals surface area contributed by atoms with Crippen LogP contribution in [0.25, 0.3) is 0 Å². The molecule has 0 aliphatic carbocycles. The standard InChI is InChI=1S/C12H16FNO/c1-9-7-14(2)8-12(9)15-11-5-3-10(13)4-6-11/h3-6,9,12H,7-8H2,1-2H3. The van der Waals surface area contributed by atoms with Gasteiger partial charge in [0.1, 0.15) is 17.7 Å². The number of likely N-dealkylation sites (tertiary alicyclic amines) is 1. The Bertz CT molecular complexity index is 325. The van der Waals surface area contributed by atoms with E-state index in [0.29, 0.717) is 5.92 Å². The van der Waals surface area contributed by atoms with Gasteiger partial charge in [-0.15, -0.1) is 0 Å². The van der Waals surface area contributed by atoms with E-state index in [0.717, 1.165) is 18.8 Å². The summed E-state index contributed by atoms with van der Waals surface area (Å²) in [7, 11) is 2.09. The molecule has 0 spiro atoms. The quantitative estimate of drug-likeness (QED) is 0.740. The van der Waals surface area contributed by atoms with Crippen LogP contribution in [-0.2, 0) is 0 Å². The van der Waals surface area contributed by atoms with Gasteiger partial charge >= 0.3 is 0 Å². The number of likely N-dealkylation sites (N-methyl/N-ethyl adjacent to an activating group) is 1. The highest BCUT2D eigenvalue weighted by Gasteiger charge is 2.28. The van der Waals surface area contributed by atoms with Crippen LogP contribution in [-0.4, -0.2) is 31.1 Å². The summed E-state index contributed by atoms with van der Waals surface area (Å²) in [6.45, 7) is 4.18. The third-order valence-electron chi connectivity index (χ3n) is 2.83. The lowest BCUT2D eigenvalue weighted by Crippen LogP contribution is -2.24. The second-order valence-electron chi connectivity index (χ2n) is 4.31. The molecule has 0 amide bonds. The molecule has 82 valence electrons. The highest BCUT2D eigenvalue weighted by Crippen LogP contribution is 2.21. The third kappa shape index (κ3) is 2.48. The van der Waals surface area contributed by atoms with Gasteiger partial charge in [0.25, 0.3) is 0 Å². The van der Waals surface area contributed by atoms with Gasteiger partial charge in [0.15, 0.2) is 0 Å². The van der Waals surface area contributed by atoms with Crippen molar-refractivity contribution in [2.75, 3.05) is 20.1 Å². The number of nitrogens with zero attached hydrogens (tertiary/aromatic N) is 1. The Balaban J connectivity index is 2.00. The van der Waals surface area contributed by atoms with Gasteiger partial charge in [-0.2, -0.15) is 0 Å². The lowest BCUT2D eigenvalue weighted by Gasteiger charge is -2.16. The molecule has 3 heteroatoms. The number of hydrogen-bond acceptors (Lipinski definition) is 2. The molecule has 2 atom stereocenters. The summed E-state index contributed by atoms with van der Waals surface area (Å²) >= 11 is 0. The van der Waals surface area contributed by atoms with E-state index in [1.54, 1.807) is 12.1 Å². The van der Waals surface area contributed by atoms with Gasteiger partial charge in [0.05, 0.1) is 0 Å². The zero-order valence-corrected chi connectivity index (χ0v) is 9.11. The molecule has 0 aromatic heterocycles. The molecular weight excluding hydrogens is 193 g/mol. The lowest BCUT2D eigenvalue weighted by molar-refractivity contribution is 0.177. The van der Waals surface area contributed by atoms with Crippen LogP contribution in [0.1, 0.15) is 6.92 Å². The molecule has 1 fully saturated rings. The second-order valence-corrected chi connectivity index (χ2v) is 4.31. The van der Waals surface area contributed by atoms with E-state index in [1.165, 1.54) is 12.1 Å². The zero-order valence-electron chi connectivity index (χ0n) is 9.11. The zero-order chi connectivity index (χ0) is 10.8. The summed E-state index contributed by atoms with van der Waals surface area (Å²) in [5.41, 5.74) is 0. The molecule has 1 aromatic carbocycles. The fourth-order valence-electron chi connectivity index (χ4n) is 2.01. The molecule has 1 aliphatic rings. The van der Waals surface area contributed by atoms with Gasteiger partial charge in [-0.1, -0.05) is 6.92 Å². The molecule has 0 saturated carbocycles. The normalized spacial score (nSPS) is 26.9. The highest BCUT2D eigenvalue weighted by atomic mass is 19.1. The van der Waals surface area contributed by atoms with Gasteiger partial charge < -0.3 is 9.64 Å². The lowest BCUT2D eigenvalue weighted by atomic mass is 10.1. The molecule has 1 saturated heterocycles. The summed E-state index contributed by atoms with van der Waals surface area (Å²) in [5, 5.41) is 0. The van der Waals surface area contributed by atoms with E-state index in [2.05, 4.69) is 18.9 Å². The molecule has 1 heterocycles. The van der Waals surface area contributed by atoms with E-state index < -0.39 is 0 Å². The maximum absolute atomic E-state index is 12.7. The van der Waals surface area contributed by atoms with Gasteiger partial charge in [-0.25, -0.2) is 4.39 Å². The Morgan fingerprint density at radius 1 is 1.27 bits per heavy atom. The van der Waals surface area contributed by atoms with Crippen LogP contribution in [0, 0.1) is 11.7 Å². The third-order valence-corrected chi connectivity index (χ3v) is 2.83. The first-order chi connectivity index (χ1) is 7.15. The largest absolute Gasteiger partial charge is 0.489 e. The van der Waals surface area contributed by atoms with Crippen LogP contribution in [0.4, 0.5) is 4.39 Å². The first-order valence-electron chi connectivity index (χ1n) is 5.26. The van der Waals surface area contributed by atoms with Crippen molar-refractivity contribution >= 4 is 0 Å². The Morgan fingerprint density at radius 2 is 1.93 bits per heavy atom. The minimum absolute atomic E-state index is 0.223. The van der Waals surface area contributed by atoms with Crippen LogP contribution in [0.15, 0.2) is 24.3 Å². The summed E-state index contributed by atoms with van der Waals surface area (Å²) in [6, 6.07) is 6.22. The van der Waals surface area contributed by atoms with Crippen molar-refractivity contribution in [2.45, 2.75) is 13.0 Å². The molecular formula is C12H16FNO. The molecule has 0 radical (unpaired) electrons. The minimum Gasteiger partial charge on any atom is -0.489 e. The van der Waals surface area contributed by atoms with Crippen molar-refractivity contribution in [2.24, 2.45) is 5.92 Å². The van der Waals surface area contributed by atoms with Crippen molar-refractivity contribution in [1.29, 1.82) is 0 Å². The SMILES string of the molecule is CC1CN(C)CC1Oc1ccc(F)cc1. The van der Waals surface area contributed by atoms with E-state index in [4.69, 9.17) is 4.74 Å². The Hall–Kier alpha value is -1.09. The van der Waals surface area contributed by atoms with Crippen LogP contribution in [0.5, 0.6) is 5.75 Å². The van der Waals surface area contributed by atoms with Crippen molar-refractivity contribution in [3.63, 3.8) is 0 Å². The highest BCUT2D eigenvalue weighted by molar-refractivity contribution is 5.22. The molecule has 15 heavy (non-hydrogen) atoms. The first-order valence-corrected chi connectivity index (χ1v) is 5.26. The van der Waals surface area contributed by atoms with Crippen LogP contribution >= 0.6 is 0 Å². The van der Waals surface area contributed by atoms with E-state index in [9.17, 15) is 4.39 Å². The van der Waals surface area contributed by atoms with Crippen LogP contribution < -0.4 is 4.74 Å². The fraction of sp³-hybridized carbons (Fsp3) is 0.500. The summed E-state index contributed by atoms with van der Waals surface area (Å²) in [5.74, 6) is 1.06. The molecule has 0 N–H and O–H groups in total. The summed E-state index contributed by atoms with van der Waals surface area (Å²) < 4.78 is 18.5. The molecule has 2 unspecified atom stereocenters. The average Bonchev–Trinajstić information content (AvgIpc) is 2.49. The summed E-state index contributed by atoms with van der Waals surface area (Å²) in [6.07, 6.45) is 0.223. The molecule has 0 bridgehead atoms. The van der Waals surface area contributed by atoms with Gasteiger partial charge in [-0.05, 0) is 31.3 Å². The number of rotatable bonds is 2. The van der Waals surface area contributed by atoms with E-state index in [-0.39, 0.29) is 11.9 Å². The van der Waals surface area contributed by atoms with Gasteiger partial charge in [0.2, 0.25) is 0 Å². The number of benzene rings is 1. The first kappa shape index (κ1) is 10.4. The van der Waals surface area contributed by atoms with Crippen molar-refractivity contribution in [3.8, 4) is 5.75 Å². The average molecular weight is 209 g/mol. The molecule has 2 rings (SSSR count). The second kappa shape index (κ2) is 4.19. The Kier molecular flexibility index (Phi) is 2.91. The number of hydrogen-bond donors (Lipinski definition) is 0. The van der Waals surface area contributed by atoms with Crippen molar-refractivity contribution in [1.82, 2.24) is 4.90 Å². The van der Waals surface area contributed by atoms with E-state index in [1.807, 2.05) is 0 Å². The maximum atomic E-state index is 12.7. The number of halogens is 1. The maximum Gasteiger partial charge on any atom is 0.123 e. The van der Waals surface area contributed by atoms with Crippen LogP contribution in [0.2, 0.25) is 0 Å². The number of ether oxygens (including phenoxy) is 1. The fourth-order valence-corrected chi connectivity index (χ4v) is 2.01. The predicted octanol–water partition coefficient (Wildman–Crippen LogP) is 2.15. The van der Waals surface area contributed by atoms with E-state index >= 15 is 0 Å². The van der Waals surface area contributed by atoms with Gasteiger partial charge in [-0.3, -0.25) is 0 Å². The monoisotopic (exact) mass is 209 g/mol. The molecule has 1 aromatic rings. The predicted molar refractivity (Wildman–Crippen MR) is 57.5 cm³/mol.